The second kappa shape index (κ2) is 9.57. The summed E-state index contributed by atoms with van der Waals surface area (Å²) in [5.41, 5.74) is 2.67. The monoisotopic (exact) mass is 511 g/mol. The minimum atomic E-state index is -1.09. The Morgan fingerprint density at radius 2 is 1.67 bits per heavy atom. The molecule has 3 N–H and O–H groups in total. The normalized spacial score (nSPS) is 27.6. The Morgan fingerprint density at radius 1 is 1.08 bits per heavy atom. The first-order valence-corrected chi connectivity index (χ1v) is 13.7. The van der Waals surface area contributed by atoms with Crippen LogP contribution in [0.15, 0.2) is 36.4 Å². The van der Waals surface area contributed by atoms with Gasteiger partial charge < -0.3 is 20.3 Å². The SMILES string of the molecule is CC(C)(C)c1cc(Cl)cc(C(=O)O)c1NC(O)CCOc1ccc(C23CC4CC(CC(C4)C2)C3)cc1. The summed E-state index contributed by atoms with van der Waals surface area (Å²) in [5, 5.41) is 23.7. The van der Waals surface area contributed by atoms with Gasteiger partial charge in [-0.1, -0.05) is 44.5 Å². The Bertz CT molecular complexity index is 1090. The lowest BCUT2D eigenvalue weighted by Crippen LogP contribution is -2.48. The van der Waals surface area contributed by atoms with Crippen molar-refractivity contribution < 1.29 is 19.7 Å². The predicted octanol–water partition coefficient (Wildman–Crippen LogP) is 7.00. The van der Waals surface area contributed by atoms with Crippen molar-refractivity contribution in [2.75, 3.05) is 11.9 Å². The van der Waals surface area contributed by atoms with E-state index >= 15 is 0 Å². The Balaban J connectivity index is 1.20. The van der Waals surface area contributed by atoms with E-state index in [1.807, 2.05) is 20.8 Å². The number of ether oxygens (including phenoxy) is 1. The maximum Gasteiger partial charge on any atom is 0.337 e. The van der Waals surface area contributed by atoms with Gasteiger partial charge in [0.1, 0.15) is 12.0 Å². The van der Waals surface area contributed by atoms with Crippen molar-refractivity contribution in [3.8, 4) is 5.75 Å². The van der Waals surface area contributed by atoms with Crippen LogP contribution in [-0.4, -0.2) is 29.0 Å². The minimum absolute atomic E-state index is 0.0488. The number of anilines is 1. The first-order chi connectivity index (χ1) is 17.0. The highest BCUT2D eigenvalue weighted by Crippen LogP contribution is 2.60. The molecule has 0 heterocycles. The maximum absolute atomic E-state index is 11.9. The zero-order chi connectivity index (χ0) is 25.7. The molecule has 0 aliphatic heterocycles. The largest absolute Gasteiger partial charge is 0.493 e. The van der Waals surface area contributed by atoms with Crippen LogP contribution in [0.25, 0.3) is 0 Å². The van der Waals surface area contributed by atoms with Gasteiger partial charge >= 0.3 is 5.97 Å². The number of halogens is 1. The van der Waals surface area contributed by atoms with Crippen molar-refractivity contribution in [1.82, 2.24) is 0 Å². The summed E-state index contributed by atoms with van der Waals surface area (Å²) < 4.78 is 5.95. The molecule has 4 aliphatic carbocycles. The molecule has 4 bridgehead atoms. The first-order valence-electron chi connectivity index (χ1n) is 13.3. The van der Waals surface area contributed by atoms with Gasteiger partial charge in [0.15, 0.2) is 0 Å². The zero-order valence-corrected chi connectivity index (χ0v) is 22.3. The molecular formula is C30H38ClNO4. The second-order valence-corrected chi connectivity index (χ2v) is 12.9. The number of benzene rings is 2. The fourth-order valence-electron chi connectivity index (χ4n) is 7.42. The van der Waals surface area contributed by atoms with E-state index in [4.69, 9.17) is 16.3 Å². The molecular weight excluding hydrogens is 474 g/mol. The Hall–Kier alpha value is -2.24. The maximum atomic E-state index is 11.9. The summed E-state index contributed by atoms with van der Waals surface area (Å²) >= 11 is 6.18. The number of carboxylic acids is 1. The molecule has 0 radical (unpaired) electrons. The molecule has 36 heavy (non-hydrogen) atoms. The average molecular weight is 512 g/mol. The number of aliphatic hydroxyl groups excluding tert-OH is 1. The lowest BCUT2D eigenvalue weighted by Gasteiger charge is -2.57. The number of aromatic carboxylic acids is 1. The van der Waals surface area contributed by atoms with E-state index in [-0.39, 0.29) is 11.0 Å². The number of hydrogen-bond donors (Lipinski definition) is 3. The number of carboxylic acid groups (broad SMARTS) is 1. The van der Waals surface area contributed by atoms with Gasteiger partial charge in [-0.05, 0) is 103 Å². The number of hydrogen-bond acceptors (Lipinski definition) is 4. The van der Waals surface area contributed by atoms with Crippen LogP contribution < -0.4 is 10.1 Å². The Kier molecular flexibility index (Phi) is 6.76. The first kappa shape index (κ1) is 25.4. The molecule has 1 unspecified atom stereocenters. The number of carbonyl (C=O) groups is 1. The molecule has 0 aromatic heterocycles. The lowest BCUT2D eigenvalue weighted by molar-refractivity contribution is -0.00520. The van der Waals surface area contributed by atoms with E-state index in [9.17, 15) is 15.0 Å². The van der Waals surface area contributed by atoms with E-state index in [2.05, 4.69) is 29.6 Å². The predicted molar refractivity (Wildman–Crippen MR) is 143 cm³/mol. The second-order valence-electron chi connectivity index (χ2n) is 12.5. The summed E-state index contributed by atoms with van der Waals surface area (Å²) in [6, 6.07) is 11.8. The molecule has 6 rings (SSSR count). The molecule has 0 spiro atoms. The molecule has 194 valence electrons. The van der Waals surface area contributed by atoms with Gasteiger partial charge in [0.2, 0.25) is 0 Å². The van der Waals surface area contributed by atoms with Crippen LogP contribution in [0.3, 0.4) is 0 Å². The third-order valence-electron chi connectivity index (χ3n) is 8.62. The molecule has 4 aliphatic rings. The van der Waals surface area contributed by atoms with Crippen molar-refractivity contribution in [3.05, 3.63) is 58.1 Å². The highest BCUT2D eigenvalue weighted by Gasteiger charge is 2.51. The number of rotatable bonds is 8. The Labute approximate surface area is 219 Å². The fraction of sp³-hybridized carbons (Fsp3) is 0.567. The summed E-state index contributed by atoms with van der Waals surface area (Å²) in [6.45, 7) is 6.26. The van der Waals surface area contributed by atoms with Crippen LogP contribution in [-0.2, 0) is 10.8 Å². The highest BCUT2D eigenvalue weighted by atomic mass is 35.5. The molecule has 0 amide bonds. The van der Waals surface area contributed by atoms with Gasteiger partial charge in [0.05, 0.1) is 17.9 Å². The summed E-state index contributed by atoms with van der Waals surface area (Å²) in [7, 11) is 0. The van der Waals surface area contributed by atoms with Gasteiger partial charge in [0.25, 0.3) is 0 Å². The number of nitrogens with one attached hydrogen (secondary N) is 1. The lowest BCUT2D eigenvalue weighted by atomic mass is 9.48. The molecule has 5 nitrogen and oxygen atoms in total. The molecule has 4 fully saturated rings. The van der Waals surface area contributed by atoms with Crippen molar-refractivity contribution in [3.63, 3.8) is 0 Å². The molecule has 0 saturated heterocycles. The Morgan fingerprint density at radius 3 is 2.19 bits per heavy atom. The molecule has 2 aromatic carbocycles. The zero-order valence-electron chi connectivity index (χ0n) is 21.5. The van der Waals surface area contributed by atoms with Crippen molar-refractivity contribution in [2.24, 2.45) is 17.8 Å². The van der Waals surface area contributed by atoms with Crippen LogP contribution in [0.2, 0.25) is 5.02 Å². The van der Waals surface area contributed by atoms with Gasteiger partial charge in [-0.3, -0.25) is 0 Å². The van der Waals surface area contributed by atoms with E-state index < -0.39 is 12.2 Å². The molecule has 2 aromatic rings. The van der Waals surface area contributed by atoms with Gasteiger partial charge in [-0.25, -0.2) is 4.79 Å². The van der Waals surface area contributed by atoms with Crippen LogP contribution in [0.1, 0.15) is 87.2 Å². The van der Waals surface area contributed by atoms with Crippen LogP contribution in [0.5, 0.6) is 5.75 Å². The quantitative estimate of drug-likeness (QED) is 0.332. The smallest absolute Gasteiger partial charge is 0.337 e. The highest BCUT2D eigenvalue weighted by molar-refractivity contribution is 6.31. The van der Waals surface area contributed by atoms with E-state index in [0.29, 0.717) is 29.2 Å². The third-order valence-corrected chi connectivity index (χ3v) is 8.84. The van der Waals surface area contributed by atoms with Crippen molar-refractivity contribution >= 4 is 23.3 Å². The van der Waals surface area contributed by atoms with Crippen LogP contribution >= 0.6 is 11.6 Å². The molecule has 1 atom stereocenters. The summed E-state index contributed by atoms with van der Waals surface area (Å²) in [4.78, 5) is 11.9. The van der Waals surface area contributed by atoms with Gasteiger partial charge in [-0.2, -0.15) is 0 Å². The molecule has 4 saturated carbocycles. The standard InChI is InChI=1S/C30H38ClNO4/c1-29(2,3)25-14-22(31)13-24(28(34)35)27(25)32-26(33)8-9-36-23-6-4-21(5-7-23)30-15-18-10-19(16-30)12-20(11-18)17-30/h4-7,13-14,18-20,26,32-33H,8-12,15-17H2,1-3H3,(H,34,35). The van der Waals surface area contributed by atoms with Crippen LogP contribution in [0, 0.1) is 17.8 Å². The van der Waals surface area contributed by atoms with E-state index in [1.54, 1.807) is 6.07 Å². The van der Waals surface area contributed by atoms with Gasteiger partial charge in [-0.15, -0.1) is 0 Å². The van der Waals surface area contributed by atoms with Gasteiger partial charge in [0, 0.05) is 11.4 Å². The fourth-order valence-corrected chi connectivity index (χ4v) is 7.64. The average Bonchev–Trinajstić information content (AvgIpc) is 2.78. The summed E-state index contributed by atoms with van der Waals surface area (Å²) in [6.07, 6.45) is 7.71. The minimum Gasteiger partial charge on any atom is -0.493 e. The topological polar surface area (TPSA) is 78.8 Å². The van der Waals surface area contributed by atoms with Crippen molar-refractivity contribution in [2.45, 2.75) is 82.8 Å². The van der Waals surface area contributed by atoms with E-state index in [1.165, 1.54) is 50.2 Å². The molecule has 6 heteroatoms. The van der Waals surface area contributed by atoms with E-state index in [0.717, 1.165) is 29.1 Å². The third kappa shape index (κ3) is 5.10. The van der Waals surface area contributed by atoms with Crippen molar-refractivity contribution in [1.29, 1.82) is 0 Å². The number of aliphatic hydroxyl groups is 1. The summed E-state index contributed by atoms with van der Waals surface area (Å²) in [5.74, 6) is 2.46. The van der Waals surface area contributed by atoms with Crippen LogP contribution in [0.4, 0.5) is 5.69 Å².